The molecule has 0 bridgehead atoms. The average Bonchev–Trinajstić information content (AvgIpc) is 2.50. The number of halogens is 1. The summed E-state index contributed by atoms with van der Waals surface area (Å²) in [5, 5.41) is 16.4. The van der Waals surface area contributed by atoms with Gasteiger partial charge in [-0.3, -0.25) is 14.9 Å². The van der Waals surface area contributed by atoms with Crippen LogP contribution in [0.1, 0.15) is 32.1 Å². The summed E-state index contributed by atoms with van der Waals surface area (Å²) in [6.07, 6.45) is 5.06. The zero-order valence-electron chi connectivity index (χ0n) is 11.8. The van der Waals surface area contributed by atoms with Crippen molar-refractivity contribution in [2.24, 2.45) is 5.92 Å². The molecular weight excluding hydrogens is 326 g/mol. The quantitative estimate of drug-likeness (QED) is 0.498. The molecule has 0 saturated heterocycles. The van der Waals surface area contributed by atoms with Crippen LogP contribution in [0.25, 0.3) is 0 Å². The average molecular weight is 342 g/mol. The Labute approximate surface area is 138 Å². The molecule has 1 aliphatic carbocycles. The maximum Gasteiger partial charge on any atom is 0.271 e. The second-order valence-electron chi connectivity index (χ2n) is 5.20. The van der Waals surface area contributed by atoms with Crippen molar-refractivity contribution in [1.29, 1.82) is 0 Å². The summed E-state index contributed by atoms with van der Waals surface area (Å²) in [7, 11) is 0. The van der Waals surface area contributed by atoms with E-state index in [2.05, 4.69) is 10.6 Å². The van der Waals surface area contributed by atoms with Crippen LogP contribution in [0.15, 0.2) is 18.2 Å². The molecule has 22 heavy (non-hydrogen) atoms. The smallest absolute Gasteiger partial charge is 0.271 e. The van der Waals surface area contributed by atoms with E-state index in [1.165, 1.54) is 24.6 Å². The van der Waals surface area contributed by atoms with E-state index in [9.17, 15) is 14.9 Å². The molecule has 1 aromatic carbocycles. The predicted molar refractivity (Wildman–Crippen MR) is 89.0 cm³/mol. The zero-order chi connectivity index (χ0) is 16.1. The number of carbonyl (C=O) groups is 1. The van der Waals surface area contributed by atoms with Gasteiger partial charge in [-0.1, -0.05) is 30.9 Å². The molecule has 6 nitrogen and oxygen atoms in total. The Morgan fingerprint density at radius 2 is 2.00 bits per heavy atom. The molecule has 1 fully saturated rings. The number of nitro benzene ring substituents is 1. The second-order valence-corrected chi connectivity index (χ2v) is 6.02. The van der Waals surface area contributed by atoms with Crippen LogP contribution in [0.3, 0.4) is 0 Å². The topological polar surface area (TPSA) is 84.3 Å². The van der Waals surface area contributed by atoms with E-state index in [0.29, 0.717) is 5.69 Å². The van der Waals surface area contributed by atoms with Gasteiger partial charge in [0.1, 0.15) is 0 Å². The highest BCUT2D eigenvalue weighted by Gasteiger charge is 2.22. The number of hydrogen-bond acceptors (Lipinski definition) is 4. The molecule has 1 saturated carbocycles. The Kier molecular flexibility index (Phi) is 5.68. The minimum atomic E-state index is -0.529. The van der Waals surface area contributed by atoms with E-state index in [0.717, 1.165) is 25.7 Å². The third-order valence-electron chi connectivity index (χ3n) is 3.62. The fourth-order valence-electron chi connectivity index (χ4n) is 2.45. The zero-order valence-corrected chi connectivity index (χ0v) is 13.4. The third-order valence-corrected chi connectivity index (χ3v) is 4.14. The first kappa shape index (κ1) is 16.6. The number of anilines is 1. The first-order chi connectivity index (χ1) is 10.5. The molecule has 0 atom stereocenters. The number of nitrogens with zero attached hydrogens (tertiary/aromatic N) is 1. The van der Waals surface area contributed by atoms with Gasteiger partial charge in [-0.2, -0.15) is 0 Å². The summed E-state index contributed by atoms with van der Waals surface area (Å²) in [4.78, 5) is 22.2. The molecule has 0 aromatic heterocycles. The SMILES string of the molecule is O=C(NC(=S)Nc1ccc([N+](=O)[O-])cc1Cl)C1CCCCC1. The normalized spacial score (nSPS) is 15.1. The van der Waals surface area contributed by atoms with Crippen LogP contribution in [0.2, 0.25) is 5.02 Å². The highest BCUT2D eigenvalue weighted by atomic mass is 35.5. The van der Waals surface area contributed by atoms with E-state index in [1.54, 1.807) is 0 Å². The van der Waals surface area contributed by atoms with Crippen molar-refractivity contribution >= 4 is 46.2 Å². The first-order valence-electron chi connectivity index (χ1n) is 7.03. The number of rotatable bonds is 3. The number of thiocarbonyl (C=S) groups is 1. The highest BCUT2D eigenvalue weighted by Crippen LogP contribution is 2.27. The maximum atomic E-state index is 12.1. The second kappa shape index (κ2) is 7.51. The van der Waals surface area contributed by atoms with Gasteiger partial charge < -0.3 is 10.6 Å². The molecule has 2 N–H and O–H groups in total. The van der Waals surface area contributed by atoms with Crippen LogP contribution >= 0.6 is 23.8 Å². The standard InChI is InChI=1S/C14H16ClN3O3S/c15-11-8-10(18(20)21)6-7-12(11)16-14(22)17-13(19)9-4-2-1-3-5-9/h6-9H,1-5H2,(H2,16,17,19,22). The Hall–Kier alpha value is -1.73. The molecule has 8 heteroatoms. The van der Waals surface area contributed by atoms with E-state index < -0.39 is 4.92 Å². The Morgan fingerprint density at radius 3 is 2.59 bits per heavy atom. The lowest BCUT2D eigenvalue weighted by atomic mass is 9.89. The molecule has 1 aromatic rings. The minimum absolute atomic E-state index is 0.000771. The van der Waals surface area contributed by atoms with Crippen molar-refractivity contribution in [1.82, 2.24) is 5.32 Å². The lowest BCUT2D eigenvalue weighted by Crippen LogP contribution is -2.39. The van der Waals surface area contributed by atoms with Crippen molar-refractivity contribution in [3.63, 3.8) is 0 Å². The fraction of sp³-hybridized carbons (Fsp3) is 0.429. The van der Waals surface area contributed by atoms with Gasteiger partial charge in [-0.05, 0) is 31.1 Å². The third kappa shape index (κ3) is 4.38. The number of carbonyl (C=O) groups excluding carboxylic acids is 1. The molecule has 0 unspecified atom stereocenters. The van der Waals surface area contributed by atoms with Crippen molar-refractivity contribution < 1.29 is 9.72 Å². The Bertz CT molecular complexity index is 603. The van der Waals surface area contributed by atoms with Crippen LogP contribution < -0.4 is 10.6 Å². The molecule has 2 rings (SSSR count). The van der Waals surface area contributed by atoms with Gasteiger partial charge in [0.25, 0.3) is 5.69 Å². The van der Waals surface area contributed by atoms with Crippen LogP contribution in [0.4, 0.5) is 11.4 Å². The van der Waals surface area contributed by atoms with Gasteiger partial charge in [0.2, 0.25) is 5.91 Å². The summed E-state index contributed by atoms with van der Waals surface area (Å²) < 4.78 is 0. The molecule has 0 aliphatic heterocycles. The first-order valence-corrected chi connectivity index (χ1v) is 7.82. The van der Waals surface area contributed by atoms with Crippen molar-refractivity contribution in [3.8, 4) is 0 Å². The van der Waals surface area contributed by atoms with Gasteiger partial charge in [0, 0.05) is 18.1 Å². The van der Waals surface area contributed by atoms with Crippen LogP contribution in [0.5, 0.6) is 0 Å². The van der Waals surface area contributed by atoms with Crippen molar-refractivity contribution in [2.45, 2.75) is 32.1 Å². The van der Waals surface area contributed by atoms with Gasteiger partial charge >= 0.3 is 0 Å². The summed E-state index contributed by atoms with van der Waals surface area (Å²) >= 11 is 11.1. The molecule has 0 radical (unpaired) electrons. The van der Waals surface area contributed by atoms with E-state index >= 15 is 0 Å². The Morgan fingerprint density at radius 1 is 1.32 bits per heavy atom. The Balaban J connectivity index is 1.94. The summed E-state index contributed by atoms with van der Waals surface area (Å²) in [6, 6.07) is 4.01. The van der Waals surface area contributed by atoms with Crippen LogP contribution in [-0.4, -0.2) is 15.9 Å². The van der Waals surface area contributed by atoms with E-state index in [4.69, 9.17) is 23.8 Å². The molecule has 0 heterocycles. The molecular formula is C14H16ClN3O3S. The van der Waals surface area contributed by atoms with Crippen LogP contribution in [-0.2, 0) is 4.79 Å². The summed E-state index contributed by atoms with van der Waals surface area (Å²) in [5.41, 5.74) is 0.314. The van der Waals surface area contributed by atoms with Gasteiger partial charge in [0.15, 0.2) is 5.11 Å². The number of nitrogens with one attached hydrogen (secondary N) is 2. The number of benzene rings is 1. The predicted octanol–water partition coefficient (Wildman–Crippen LogP) is 3.64. The van der Waals surface area contributed by atoms with Gasteiger partial charge in [-0.15, -0.1) is 0 Å². The monoisotopic (exact) mass is 341 g/mol. The maximum absolute atomic E-state index is 12.1. The van der Waals surface area contributed by atoms with Gasteiger partial charge in [0.05, 0.1) is 15.6 Å². The number of non-ortho nitro benzene ring substituents is 1. The largest absolute Gasteiger partial charge is 0.331 e. The number of amides is 1. The molecule has 118 valence electrons. The lowest BCUT2D eigenvalue weighted by molar-refractivity contribution is -0.384. The van der Waals surface area contributed by atoms with E-state index in [-0.39, 0.29) is 27.6 Å². The molecule has 0 spiro atoms. The van der Waals surface area contributed by atoms with Gasteiger partial charge in [-0.25, -0.2) is 0 Å². The number of nitro groups is 1. The highest BCUT2D eigenvalue weighted by molar-refractivity contribution is 7.80. The number of hydrogen-bond donors (Lipinski definition) is 2. The minimum Gasteiger partial charge on any atom is -0.331 e. The molecule has 1 aliphatic rings. The molecule has 1 amide bonds. The lowest BCUT2D eigenvalue weighted by Gasteiger charge is -2.21. The van der Waals surface area contributed by atoms with Crippen molar-refractivity contribution in [3.05, 3.63) is 33.3 Å². The summed E-state index contributed by atoms with van der Waals surface area (Å²) in [6.45, 7) is 0. The van der Waals surface area contributed by atoms with Crippen molar-refractivity contribution in [2.75, 3.05) is 5.32 Å². The fourth-order valence-corrected chi connectivity index (χ4v) is 2.88. The van der Waals surface area contributed by atoms with E-state index in [1.807, 2.05) is 0 Å². The van der Waals surface area contributed by atoms with Crippen LogP contribution in [0, 0.1) is 16.0 Å². The summed E-state index contributed by atoms with van der Waals surface area (Å²) in [5.74, 6) is -0.0870.